The van der Waals surface area contributed by atoms with Crippen LogP contribution in [-0.4, -0.2) is 24.6 Å². The van der Waals surface area contributed by atoms with Crippen molar-refractivity contribution in [3.8, 4) is 0 Å². The zero-order chi connectivity index (χ0) is 11.1. The Labute approximate surface area is 95.5 Å². The largest absolute Gasteiger partial charge is 0.316 e. The van der Waals surface area contributed by atoms with Gasteiger partial charge < -0.3 is 5.32 Å². The maximum atomic E-state index is 12.7. The molecule has 0 radical (unpaired) electrons. The predicted molar refractivity (Wildman–Crippen MR) is 66.0 cm³/mol. The van der Waals surface area contributed by atoms with Crippen molar-refractivity contribution in [1.29, 1.82) is 0 Å². The van der Waals surface area contributed by atoms with Crippen LogP contribution >= 0.6 is 11.8 Å². The molecule has 84 valence electrons. The highest BCUT2D eigenvalue weighted by atomic mass is 32.2. The molecular formula is C12H18FNS. The Morgan fingerprint density at radius 2 is 2.00 bits per heavy atom. The first-order valence-corrected chi connectivity index (χ1v) is 6.41. The number of hydrogen-bond donors (Lipinski definition) is 1. The molecule has 15 heavy (non-hydrogen) atoms. The molecule has 1 aromatic rings. The maximum absolute atomic E-state index is 12.7. The summed E-state index contributed by atoms with van der Waals surface area (Å²) in [5.41, 5.74) is 1.19. The minimum Gasteiger partial charge on any atom is -0.316 e. The molecule has 0 spiro atoms. The first-order valence-electron chi connectivity index (χ1n) is 5.25. The van der Waals surface area contributed by atoms with E-state index in [1.807, 2.05) is 30.9 Å². The quantitative estimate of drug-likeness (QED) is 0.802. The lowest BCUT2D eigenvalue weighted by molar-refractivity contribution is 0.609. The minimum atomic E-state index is -0.164. The van der Waals surface area contributed by atoms with Crippen molar-refractivity contribution in [3.63, 3.8) is 0 Å². The zero-order valence-corrected chi connectivity index (χ0v) is 10.1. The standard InChI is InChI=1S/C12H18FNS/c1-3-15-9-12(14-2)8-10-4-6-11(13)7-5-10/h4-7,12,14H,3,8-9H2,1-2H3. The zero-order valence-electron chi connectivity index (χ0n) is 9.29. The fourth-order valence-corrected chi connectivity index (χ4v) is 2.21. The summed E-state index contributed by atoms with van der Waals surface area (Å²) in [5, 5.41) is 3.29. The smallest absolute Gasteiger partial charge is 0.123 e. The number of likely N-dealkylation sites (N-methyl/N-ethyl adjacent to an activating group) is 1. The number of hydrogen-bond acceptors (Lipinski definition) is 2. The molecule has 0 aliphatic heterocycles. The average molecular weight is 227 g/mol. The lowest BCUT2D eigenvalue weighted by Crippen LogP contribution is -2.30. The topological polar surface area (TPSA) is 12.0 Å². The molecule has 1 aromatic carbocycles. The van der Waals surface area contributed by atoms with Crippen molar-refractivity contribution in [1.82, 2.24) is 5.32 Å². The SMILES string of the molecule is CCSCC(Cc1ccc(F)cc1)NC. The van der Waals surface area contributed by atoms with Crippen LogP contribution in [0.4, 0.5) is 4.39 Å². The van der Waals surface area contributed by atoms with Crippen molar-refractivity contribution in [2.75, 3.05) is 18.6 Å². The van der Waals surface area contributed by atoms with Gasteiger partial charge in [0, 0.05) is 11.8 Å². The number of halogens is 1. The summed E-state index contributed by atoms with van der Waals surface area (Å²) >= 11 is 1.93. The van der Waals surface area contributed by atoms with Crippen molar-refractivity contribution in [3.05, 3.63) is 35.6 Å². The molecule has 0 amide bonds. The molecule has 3 heteroatoms. The number of benzene rings is 1. The second kappa shape index (κ2) is 6.85. The van der Waals surface area contributed by atoms with E-state index in [2.05, 4.69) is 12.2 Å². The summed E-state index contributed by atoms with van der Waals surface area (Å²) in [6.07, 6.45) is 0.962. The van der Waals surface area contributed by atoms with Crippen molar-refractivity contribution in [2.24, 2.45) is 0 Å². The van der Waals surface area contributed by atoms with Crippen molar-refractivity contribution >= 4 is 11.8 Å². The second-order valence-corrected chi connectivity index (χ2v) is 4.79. The summed E-state index contributed by atoms with van der Waals surface area (Å²) in [6.45, 7) is 2.16. The fraction of sp³-hybridized carbons (Fsp3) is 0.500. The summed E-state index contributed by atoms with van der Waals surface area (Å²) in [5.74, 6) is 2.08. The number of nitrogens with one attached hydrogen (secondary N) is 1. The Kier molecular flexibility index (Phi) is 5.73. The van der Waals surface area contributed by atoms with Gasteiger partial charge in [-0.2, -0.15) is 11.8 Å². The summed E-state index contributed by atoms with van der Waals surface area (Å²) in [6, 6.07) is 7.23. The van der Waals surface area contributed by atoms with Gasteiger partial charge in [0.2, 0.25) is 0 Å². The molecule has 1 nitrogen and oxygen atoms in total. The van der Waals surface area contributed by atoms with Gasteiger partial charge in [-0.25, -0.2) is 4.39 Å². The molecule has 0 fully saturated rings. The molecule has 1 N–H and O–H groups in total. The third-order valence-corrected chi connectivity index (χ3v) is 3.37. The van der Waals surface area contributed by atoms with Gasteiger partial charge in [0.15, 0.2) is 0 Å². The van der Waals surface area contributed by atoms with E-state index in [1.165, 1.54) is 17.7 Å². The first-order chi connectivity index (χ1) is 7.26. The van der Waals surface area contributed by atoms with Crippen LogP contribution in [0.25, 0.3) is 0 Å². The van der Waals surface area contributed by atoms with E-state index in [0.29, 0.717) is 6.04 Å². The van der Waals surface area contributed by atoms with Crippen LogP contribution in [0.3, 0.4) is 0 Å². The third-order valence-electron chi connectivity index (χ3n) is 2.33. The summed E-state index contributed by atoms with van der Waals surface area (Å²) < 4.78 is 12.7. The van der Waals surface area contributed by atoms with E-state index < -0.39 is 0 Å². The maximum Gasteiger partial charge on any atom is 0.123 e. The Morgan fingerprint density at radius 3 is 2.53 bits per heavy atom. The van der Waals surface area contributed by atoms with Crippen LogP contribution in [-0.2, 0) is 6.42 Å². The lowest BCUT2D eigenvalue weighted by atomic mass is 10.1. The van der Waals surface area contributed by atoms with Crippen LogP contribution in [0.1, 0.15) is 12.5 Å². The number of thioether (sulfide) groups is 1. The van der Waals surface area contributed by atoms with E-state index >= 15 is 0 Å². The Morgan fingerprint density at radius 1 is 1.33 bits per heavy atom. The monoisotopic (exact) mass is 227 g/mol. The molecule has 0 heterocycles. The van der Waals surface area contributed by atoms with Gasteiger partial charge in [-0.15, -0.1) is 0 Å². The van der Waals surface area contributed by atoms with Gasteiger partial charge in [-0.05, 0) is 36.9 Å². The van der Waals surface area contributed by atoms with Crippen LogP contribution < -0.4 is 5.32 Å². The van der Waals surface area contributed by atoms with E-state index in [-0.39, 0.29) is 5.82 Å². The number of rotatable bonds is 6. The van der Waals surface area contributed by atoms with Crippen LogP contribution in [0, 0.1) is 5.82 Å². The lowest BCUT2D eigenvalue weighted by Gasteiger charge is -2.15. The van der Waals surface area contributed by atoms with Crippen LogP contribution in [0.2, 0.25) is 0 Å². The Hall–Kier alpha value is -0.540. The minimum absolute atomic E-state index is 0.164. The highest BCUT2D eigenvalue weighted by Gasteiger charge is 2.06. The molecule has 1 atom stereocenters. The molecule has 0 aliphatic rings. The second-order valence-electron chi connectivity index (χ2n) is 3.48. The van der Waals surface area contributed by atoms with Crippen LogP contribution in [0.5, 0.6) is 0 Å². The van der Waals surface area contributed by atoms with Gasteiger partial charge in [-0.1, -0.05) is 19.1 Å². The molecule has 0 aliphatic carbocycles. The summed E-state index contributed by atoms with van der Waals surface area (Å²) in [4.78, 5) is 0. The van der Waals surface area contributed by atoms with Gasteiger partial charge in [0.1, 0.15) is 5.82 Å². The molecule has 0 bridgehead atoms. The van der Waals surface area contributed by atoms with E-state index in [4.69, 9.17) is 0 Å². The van der Waals surface area contributed by atoms with Crippen molar-refractivity contribution < 1.29 is 4.39 Å². The average Bonchev–Trinajstić information content (AvgIpc) is 2.27. The van der Waals surface area contributed by atoms with Crippen molar-refractivity contribution in [2.45, 2.75) is 19.4 Å². The fourth-order valence-electron chi connectivity index (χ4n) is 1.41. The predicted octanol–water partition coefficient (Wildman–Crippen LogP) is 2.71. The summed E-state index contributed by atoms with van der Waals surface area (Å²) in [7, 11) is 1.98. The molecule has 0 aromatic heterocycles. The van der Waals surface area contributed by atoms with Crippen LogP contribution in [0.15, 0.2) is 24.3 Å². The van der Waals surface area contributed by atoms with E-state index in [0.717, 1.165) is 17.9 Å². The highest BCUT2D eigenvalue weighted by Crippen LogP contribution is 2.09. The molecule has 0 saturated carbocycles. The molecule has 0 saturated heterocycles. The molecule has 1 rings (SSSR count). The van der Waals surface area contributed by atoms with E-state index in [1.54, 1.807) is 0 Å². The Balaban J connectivity index is 2.47. The molecular weight excluding hydrogens is 209 g/mol. The van der Waals surface area contributed by atoms with Gasteiger partial charge in [0.05, 0.1) is 0 Å². The van der Waals surface area contributed by atoms with E-state index in [9.17, 15) is 4.39 Å². The van der Waals surface area contributed by atoms with Gasteiger partial charge in [0.25, 0.3) is 0 Å². The normalized spacial score (nSPS) is 12.7. The Bertz CT molecular complexity index is 273. The van der Waals surface area contributed by atoms with Gasteiger partial charge >= 0.3 is 0 Å². The first kappa shape index (κ1) is 12.5. The van der Waals surface area contributed by atoms with Gasteiger partial charge in [-0.3, -0.25) is 0 Å². The molecule has 1 unspecified atom stereocenters. The third kappa shape index (κ3) is 4.67. The highest BCUT2D eigenvalue weighted by molar-refractivity contribution is 7.99.